The Morgan fingerprint density at radius 2 is 1.83 bits per heavy atom. The van der Waals surface area contributed by atoms with Gasteiger partial charge in [-0.1, -0.05) is 12.1 Å². The van der Waals surface area contributed by atoms with Crippen LogP contribution in [0.1, 0.15) is 5.82 Å². The molecule has 1 aliphatic heterocycles. The third kappa shape index (κ3) is 3.09. The number of anilines is 2. The van der Waals surface area contributed by atoms with Gasteiger partial charge in [-0.05, 0) is 23.7 Å². The lowest BCUT2D eigenvalue weighted by molar-refractivity contribution is 0.201. The molecule has 1 saturated heterocycles. The second-order valence-corrected chi connectivity index (χ2v) is 7.25. The number of methoxy groups -OCH3 is 1. The number of hydrogen-bond acceptors (Lipinski definition) is 8. The number of benzene rings is 1. The molecule has 1 aromatic carbocycles. The average molecular weight is 361 g/mol. The van der Waals surface area contributed by atoms with Crippen molar-refractivity contribution in [3.05, 3.63) is 30.1 Å². The topological polar surface area (TPSA) is 54.4 Å². The van der Waals surface area contributed by atoms with Crippen molar-refractivity contribution in [3.8, 4) is 0 Å². The molecule has 0 N–H and O–H groups in total. The highest BCUT2D eigenvalue weighted by molar-refractivity contribution is 7.13. The van der Waals surface area contributed by atoms with Gasteiger partial charge in [0.2, 0.25) is 5.13 Å². The number of hydrogen-bond donors (Lipinski definition) is 0. The first-order valence-electron chi connectivity index (χ1n) is 8.01. The molecule has 126 valence electrons. The Bertz CT molecular complexity index is 810. The van der Waals surface area contributed by atoms with E-state index in [1.54, 1.807) is 18.6 Å². The van der Waals surface area contributed by atoms with Crippen LogP contribution < -0.4 is 9.80 Å². The standard InChI is InChI=1S/C16H19N5OS2/c1-22-11-6-14-17-16(24-18-14)21-9-7-20(8-10-21)15-12-4-2-3-5-13(12)23-19-15/h2-5H,6-11H2,1H3. The average Bonchev–Trinajstić information content (AvgIpc) is 3.27. The molecular formula is C16H19N5OS2. The van der Waals surface area contributed by atoms with Crippen molar-refractivity contribution >= 4 is 44.1 Å². The lowest BCUT2D eigenvalue weighted by Crippen LogP contribution is -2.46. The highest BCUT2D eigenvalue weighted by Crippen LogP contribution is 2.30. The summed E-state index contributed by atoms with van der Waals surface area (Å²) in [6.45, 7) is 4.48. The van der Waals surface area contributed by atoms with Crippen LogP contribution in [0.4, 0.5) is 10.9 Å². The number of fused-ring (bicyclic) bond motifs is 1. The first kappa shape index (κ1) is 15.7. The summed E-state index contributed by atoms with van der Waals surface area (Å²) >= 11 is 3.06. The van der Waals surface area contributed by atoms with Crippen molar-refractivity contribution in [2.75, 3.05) is 49.7 Å². The maximum atomic E-state index is 5.09. The predicted octanol–water partition coefficient (Wildman–Crippen LogP) is 2.66. The fourth-order valence-corrected chi connectivity index (χ4v) is 4.44. The van der Waals surface area contributed by atoms with Crippen molar-refractivity contribution in [1.29, 1.82) is 0 Å². The van der Waals surface area contributed by atoms with E-state index in [1.165, 1.54) is 21.6 Å². The number of piperazine rings is 1. The molecule has 3 heterocycles. The smallest absolute Gasteiger partial charge is 0.205 e. The highest BCUT2D eigenvalue weighted by atomic mass is 32.1. The minimum Gasteiger partial charge on any atom is -0.384 e. The van der Waals surface area contributed by atoms with Crippen molar-refractivity contribution in [1.82, 2.24) is 13.7 Å². The van der Waals surface area contributed by atoms with Gasteiger partial charge in [0, 0.05) is 56.6 Å². The van der Waals surface area contributed by atoms with E-state index in [2.05, 4.69) is 47.8 Å². The van der Waals surface area contributed by atoms with E-state index >= 15 is 0 Å². The molecule has 0 saturated carbocycles. The van der Waals surface area contributed by atoms with Gasteiger partial charge in [-0.15, -0.1) is 0 Å². The molecule has 0 atom stereocenters. The van der Waals surface area contributed by atoms with Gasteiger partial charge in [0.05, 0.1) is 11.3 Å². The van der Waals surface area contributed by atoms with Gasteiger partial charge in [0.15, 0.2) is 0 Å². The Hall–Kier alpha value is -1.77. The van der Waals surface area contributed by atoms with E-state index in [1.807, 2.05) is 0 Å². The molecule has 0 aliphatic carbocycles. The molecule has 8 heteroatoms. The maximum absolute atomic E-state index is 5.09. The van der Waals surface area contributed by atoms with E-state index in [0.717, 1.165) is 49.4 Å². The van der Waals surface area contributed by atoms with E-state index in [-0.39, 0.29) is 0 Å². The zero-order valence-electron chi connectivity index (χ0n) is 13.5. The lowest BCUT2D eigenvalue weighted by atomic mass is 10.2. The van der Waals surface area contributed by atoms with Crippen molar-refractivity contribution in [2.24, 2.45) is 0 Å². The van der Waals surface area contributed by atoms with E-state index in [9.17, 15) is 0 Å². The normalized spacial score (nSPS) is 15.4. The van der Waals surface area contributed by atoms with Crippen molar-refractivity contribution < 1.29 is 4.74 Å². The van der Waals surface area contributed by atoms with Crippen molar-refractivity contribution in [3.63, 3.8) is 0 Å². The van der Waals surface area contributed by atoms with Crippen LogP contribution in [-0.4, -0.2) is 53.6 Å². The minimum absolute atomic E-state index is 0.668. The van der Waals surface area contributed by atoms with Gasteiger partial charge in [0.1, 0.15) is 11.6 Å². The molecule has 2 aromatic heterocycles. The zero-order chi connectivity index (χ0) is 16.4. The highest BCUT2D eigenvalue weighted by Gasteiger charge is 2.22. The largest absolute Gasteiger partial charge is 0.384 e. The van der Waals surface area contributed by atoms with E-state index in [0.29, 0.717) is 6.61 Å². The Balaban J connectivity index is 1.42. The van der Waals surface area contributed by atoms with Gasteiger partial charge >= 0.3 is 0 Å². The molecule has 0 spiro atoms. The van der Waals surface area contributed by atoms with E-state index in [4.69, 9.17) is 4.74 Å². The Morgan fingerprint density at radius 3 is 2.67 bits per heavy atom. The molecular weight excluding hydrogens is 342 g/mol. The number of ether oxygens (including phenoxy) is 1. The van der Waals surface area contributed by atoms with Crippen LogP contribution in [0.3, 0.4) is 0 Å². The molecule has 0 amide bonds. The fourth-order valence-electron chi connectivity index (χ4n) is 2.88. The second-order valence-electron chi connectivity index (χ2n) is 5.71. The third-order valence-corrected chi connectivity index (χ3v) is 5.83. The monoisotopic (exact) mass is 361 g/mol. The Morgan fingerprint density at radius 1 is 1.04 bits per heavy atom. The van der Waals surface area contributed by atoms with Gasteiger partial charge in [-0.2, -0.15) is 8.75 Å². The predicted molar refractivity (Wildman–Crippen MR) is 99.5 cm³/mol. The molecule has 3 aromatic rings. The molecule has 24 heavy (non-hydrogen) atoms. The van der Waals surface area contributed by atoms with Gasteiger partial charge < -0.3 is 14.5 Å². The quantitative estimate of drug-likeness (QED) is 0.696. The van der Waals surface area contributed by atoms with Gasteiger partial charge in [0.25, 0.3) is 0 Å². The van der Waals surface area contributed by atoms with Crippen LogP contribution in [-0.2, 0) is 11.2 Å². The maximum Gasteiger partial charge on any atom is 0.205 e. The summed E-state index contributed by atoms with van der Waals surface area (Å²) in [6.07, 6.45) is 0.776. The molecule has 1 fully saturated rings. The fraction of sp³-hybridized carbons (Fsp3) is 0.438. The molecule has 1 aliphatic rings. The number of aromatic nitrogens is 3. The molecule has 4 rings (SSSR count). The Kier molecular flexibility index (Phi) is 4.59. The number of rotatable bonds is 5. The zero-order valence-corrected chi connectivity index (χ0v) is 15.1. The summed E-state index contributed by atoms with van der Waals surface area (Å²) in [4.78, 5) is 9.33. The van der Waals surface area contributed by atoms with Gasteiger partial charge in [-0.25, -0.2) is 4.98 Å². The van der Waals surface area contributed by atoms with Gasteiger partial charge in [-0.3, -0.25) is 0 Å². The van der Waals surface area contributed by atoms with Crippen LogP contribution in [0.2, 0.25) is 0 Å². The summed E-state index contributed by atoms with van der Waals surface area (Å²) < 4.78 is 15.4. The first-order chi connectivity index (χ1) is 11.8. The summed E-state index contributed by atoms with van der Waals surface area (Å²) in [5, 5.41) is 2.28. The Labute approximate surface area is 149 Å². The molecule has 6 nitrogen and oxygen atoms in total. The summed E-state index contributed by atoms with van der Waals surface area (Å²) in [5.41, 5.74) is 0. The van der Waals surface area contributed by atoms with Crippen LogP contribution in [0.25, 0.3) is 10.1 Å². The minimum atomic E-state index is 0.668. The third-order valence-electron chi connectivity index (χ3n) is 4.20. The van der Waals surface area contributed by atoms with Crippen molar-refractivity contribution in [2.45, 2.75) is 6.42 Å². The molecule has 0 radical (unpaired) electrons. The SMILES string of the molecule is COCCc1nsc(N2CCN(c3nsc4ccccc34)CC2)n1. The summed E-state index contributed by atoms with van der Waals surface area (Å²) in [7, 11) is 1.70. The first-order valence-corrected chi connectivity index (χ1v) is 9.55. The van der Waals surface area contributed by atoms with Crippen LogP contribution >= 0.6 is 23.1 Å². The van der Waals surface area contributed by atoms with E-state index < -0.39 is 0 Å². The number of nitrogens with zero attached hydrogens (tertiary/aromatic N) is 5. The van der Waals surface area contributed by atoms with Crippen LogP contribution in [0, 0.1) is 0 Å². The molecule has 0 unspecified atom stereocenters. The summed E-state index contributed by atoms with van der Waals surface area (Å²) in [6, 6.07) is 8.45. The summed E-state index contributed by atoms with van der Waals surface area (Å²) in [5.74, 6) is 2.00. The lowest BCUT2D eigenvalue weighted by Gasteiger charge is -2.34. The van der Waals surface area contributed by atoms with Crippen LogP contribution in [0.5, 0.6) is 0 Å². The van der Waals surface area contributed by atoms with Crippen LogP contribution in [0.15, 0.2) is 24.3 Å². The molecule has 0 bridgehead atoms. The second kappa shape index (κ2) is 7.00.